The summed E-state index contributed by atoms with van der Waals surface area (Å²) in [6.07, 6.45) is 0. The molecule has 0 spiro atoms. The number of thioether (sulfide) groups is 1. The van der Waals surface area contributed by atoms with E-state index < -0.39 is 0 Å². The van der Waals surface area contributed by atoms with Crippen molar-refractivity contribution in [3.63, 3.8) is 0 Å². The quantitative estimate of drug-likeness (QED) is 0.771. The van der Waals surface area contributed by atoms with E-state index in [1.54, 1.807) is 16.3 Å². The van der Waals surface area contributed by atoms with Crippen molar-refractivity contribution < 1.29 is 0 Å². The molecule has 0 aliphatic carbocycles. The van der Waals surface area contributed by atoms with Crippen LogP contribution in [0.15, 0.2) is 34.2 Å². The summed E-state index contributed by atoms with van der Waals surface area (Å²) in [6, 6.07) is 8.64. The van der Waals surface area contributed by atoms with Crippen molar-refractivity contribution in [1.29, 1.82) is 0 Å². The number of nitrogens with zero attached hydrogens (tertiary/aromatic N) is 2. The maximum absolute atomic E-state index is 11.6. The van der Waals surface area contributed by atoms with Crippen LogP contribution in [0.2, 0.25) is 0 Å². The smallest absolute Gasteiger partial charge is 0.309 e. The molecule has 21 heavy (non-hydrogen) atoms. The van der Waals surface area contributed by atoms with E-state index in [0.717, 1.165) is 17.5 Å². The van der Waals surface area contributed by atoms with Gasteiger partial charge < -0.3 is 5.32 Å². The second-order valence-corrected chi connectivity index (χ2v) is 5.82. The Morgan fingerprint density at radius 3 is 2.81 bits per heavy atom. The standard InChI is InChI=1S/C15H22N4OS/c1-4-16-13(12-9-7-6-8-11(12)3)10-21-15-18-17-14(20)19(15)5-2/h6-9,13,16H,4-5,10H2,1-3H3,(H,17,20). The molecule has 5 nitrogen and oxygen atoms in total. The van der Waals surface area contributed by atoms with E-state index in [0.29, 0.717) is 6.54 Å². The zero-order chi connectivity index (χ0) is 15.2. The van der Waals surface area contributed by atoms with Gasteiger partial charge in [-0.25, -0.2) is 9.89 Å². The lowest BCUT2D eigenvalue weighted by molar-refractivity contribution is 0.600. The normalized spacial score (nSPS) is 12.5. The highest BCUT2D eigenvalue weighted by molar-refractivity contribution is 7.99. The van der Waals surface area contributed by atoms with Crippen LogP contribution >= 0.6 is 11.8 Å². The number of aryl methyl sites for hydroxylation is 1. The van der Waals surface area contributed by atoms with Gasteiger partial charge in [0.2, 0.25) is 0 Å². The van der Waals surface area contributed by atoms with Crippen LogP contribution < -0.4 is 11.0 Å². The zero-order valence-electron chi connectivity index (χ0n) is 12.7. The Bertz CT molecular complexity index is 635. The first kappa shape index (κ1) is 15.9. The molecule has 1 heterocycles. The third kappa shape index (κ3) is 3.77. The van der Waals surface area contributed by atoms with Crippen molar-refractivity contribution in [1.82, 2.24) is 20.1 Å². The van der Waals surface area contributed by atoms with Gasteiger partial charge in [0, 0.05) is 18.3 Å². The van der Waals surface area contributed by atoms with Crippen LogP contribution in [-0.2, 0) is 6.54 Å². The van der Waals surface area contributed by atoms with Gasteiger partial charge in [-0.05, 0) is 31.5 Å². The average Bonchev–Trinajstić information content (AvgIpc) is 2.84. The molecule has 0 radical (unpaired) electrons. The predicted octanol–water partition coefficient (Wildman–Crippen LogP) is 2.34. The number of aromatic nitrogens is 3. The Labute approximate surface area is 129 Å². The lowest BCUT2D eigenvalue weighted by Gasteiger charge is -2.19. The number of rotatable bonds is 7. The van der Waals surface area contributed by atoms with Gasteiger partial charge in [0.05, 0.1) is 0 Å². The molecule has 2 aromatic rings. The molecule has 1 aromatic heterocycles. The molecule has 0 saturated heterocycles. The SMILES string of the molecule is CCNC(CSc1n[nH]c(=O)n1CC)c1ccccc1C. The second kappa shape index (κ2) is 7.47. The molecule has 1 aromatic carbocycles. The molecular weight excluding hydrogens is 284 g/mol. The predicted molar refractivity (Wildman–Crippen MR) is 86.8 cm³/mol. The maximum atomic E-state index is 11.6. The lowest BCUT2D eigenvalue weighted by Crippen LogP contribution is -2.24. The van der Waals surface area contributed by atoms with Crippen LogP contribution in [0.4, 0.5) is 0 Å². The zero-order valence-corrected chi connectivity index (χ0v) is 13.5. The van der Waals surface area contributed by atoms with Gasteiger partial charge in [-0.3, -0.25) is 4.57 Å². The Morgan fingerprint density at radius 1 is 1.38 bits per heavy atom. The van der Waals surface area contributed by atoms with Crippen molar-refractivity contribution in [3.8, 4) is 0 Å². The number of hydrogen-bond donors (Lipinski definition) is 2. The van der Waals surface area contributed by atoms with E-state index in [-0.39, 0.29) is 11.7 Å². The summed E-state index contributed by atoms with van der Waals surface area (Å²) in [7, 11) is 0. The summed E-state index contributed by atoms with van der Waals surface area (Å²) in [5.41, 5.74) is 2.43. The summed E-state index contributed by atoms with van der Waals surface area (Å²) in [5, 5.41) is 10.9. The van der Waals surface area contributed by atoms with Crippen molar-refractivity contribution in [2.75, 3.05) is 12.3 Å². The third-order valence-corrected chi connectivity index (χ3v) is 4.50. The number of nitrogens with one attached hydrogen (secondary N) is 2. The summed E-state index contributed by atoms with van der Waals surface area (Å²) < 4.78 is 1.66. The minimum absolute atomic E-state index is 0.143. The lowest BCUT2D eigenvalue weighted by atomic mass is 10.0. The van der Waals surface area contributed by atoms with Crippen molar-refractivity contribution in [3.05, 3.63) is 45.9 Å². The molecule has 0 bridgehead atoms. The minimum Gasteiger partial charge on any atom is -0.309 e. The molecule has 0 fully saturated rings. The van der Waals surface area contributed by atoms with Crippen LogP contribution in [-0.4, -0.2) is 27.1 Å². The Hall–Kier alpha value is -1.53. The van der Waals surface area contributed by atoms with Crippen LogP contribution in [0.5, 0.6) is 0 Å². The van der Waals surface area contributed by atoms with Crippen LogP contribution in [0.3, 0.4) is 0 Å². The van der Waals surface area contributed by atoms with Gasteiger partial charge in [-0.2, -0.15) is 0 Å². The summed E-state index contributed by atoms with van der Waals surface area (Å²) >= 11 is 1.60. The molecule has 1 unspecified atom stereocenters. The molecular formula is C15H22N4OS. The molecule has 1 atom stereocenters. The molecule has 2 rings (SSSR count). The molecule has 114 valence electrons. The van der Waals surface area contributed by atoms with Crippen LogP contribution in [0.25, 0.3) is 0 Å². The van der Waals surface area contributed by atoms with E-state index in [1.165, 1.54) is 11.1 Å². The number of H-pyrrole nitrogens is 1. The van der Waals surface area contributed by atoms with Gasteiger partial charge in [0.1, 0.15) is 0 Å². The Balaban J connectivity index is 2.14. The average molecular weight is 306 g/mol. The first-order valence-corrected chi connectivity index (χ1v) is 8.22. The second-order valence-electron chi connectivity index (χ2n) is 4.83. The van der Waals surface area contributed by atoms with E-state index in [2.05, 4.69) is 53.6 Å². The van der Waals surface area contributed by atoms with Crippen LogP contribution in [0, 0.1) is 6.92 Å². The summed E-state index contributed by atoms with van der Waals surface area (Å²) in [6.45, 7) is 7.71. The van der Waals surface area contributed by atoms with Gasteiger partial charge in [-0.15, -0.1) is 5.10 Å². The highest BCUT2D eigenvalue weighted by Gasteiger charge is 2.15. The molecule has 6 heteroatoms. The van der Waals surface area contributed by atoms with Crippen LogP contribution in [0.1, 0.15) is 31.0 Å². The van der Waals surface area contributed by atoms with E-state index in [9.17, 15) is 4.79 Å². The van der Waals surface area contributed by atoms with Gasteiger partial charge in [-0.1, -0.05) is 43.0 Å². The fraction of sp³-hybridized carbons (Fsp3) is 0.467. The number of benzene rings is 1. The van der Waals surface area contributed by atoms with Gasteiger partial charge >= 0.3 is 5.69 Å². The van der Waals surface area contributed by atoms with Crippen molar-refractivity contribution >= 4 is 11.8 Å². The number of aromatic amines is 1. The fourth-order valence-electron chi connectivity index (χ4n) is 2.33. The Morgan fingerprint density at radius 2 is 2.14 bits per heavy atom. The molecule has 2 N–H and O–H groups in total. The van der Waals surface area contributed by atoms with Crippen molar-refractivity contribution in [2.45, 2.75) is 38.5 Å². The fourth-order valence-corrected chi connectivity index (χ4v) is 3.42. The molecule has 0 aliphatic heterocycles. The highest BCUT2D eigenvalue weighted by atomic mass is 32.2. The van der Waals surface area contributed by atoms with Crippen molar-refractivity contribution in [2.24, 2.45) is 0 Å². The molecule has 0 aliphatic rings. The minimum atomic E-state index is -0.143. The Kier molecular flexibility index (Phi) is 5.64. The topological polar surface area (TPSA) is 62.7 Å². The summed E-state index contributed by atoms with van der Waals surface area (Å²) in [4.78, 5) is 11.6. The van der Waals surface area contributed by atoms with E-state index in [1.807, 2.05) is 6.92 Å². The third-order valence-electron chi connectivity index (χ3n) is 3.43. The monoisotopic (exact) mass is 306 g/mol. The van der Waals surface area contributed by atoms with Gasteiger partial charge in [0.25, 0.3) is 0 Å². The first-order valence-electron chi connectivity index (χ1n) is 7.24. The number of hydrogen-bond acceptors (Lipinski definition) is 4. The summed E-state index contributed by atoms with van der Waals surface area (Å²) in [5.74, 6) is 0.836. The largest absolute Gasteiger partial charge is 0.343 e. The maximum Gasteiger partial charge on any atom is 0.343 e. The highest BCUT2D eigenvalue weighted by Crippen LogP contribution is 2.24. The molecule has 0 amide bonds. The van der Waals surface area contributed by atoms with E-state index >= 15 is 0 Å². The first-order chi connectivity index (χ1) is 10.2. The molecule has 0 saturated carbocycles. The van der Waals surface area contributed by atoms with Gasteiger partial charge in [0.15, 0.2) is 5.16 Å². The van der Waals surface area contributed by atoms with E-state index in [4.69, 9.17) is 0 Å².